The molecular formula is C14H12BrNO4S. The molecule has 0 fully saturated rings. The third-order valence-electron chi connectivity index (χ3n) is 2.64. The molecule has 1 heterocycles. The first-order valence-electron chi connectivity index (χ1n) is 5.89. The maximum atomic E-state index is 12.0. The highest BCUT2D eigenvalue weighted by Crippen LogP contribution is 2.25. The number of methoxy groups -OCH3 is 1. The van der Waals surface area contributed by atoms with Gasteiger partial charge in [-0.2, -0.15) is 0 Å². The van der Waals surface area contributed by atoms with E-state index in [0.29, 0.717) is 16.4 Å². The van der Waals surface area contributed by atoms with Crippen molar-refractivity contribution in [1.82, 2.24) is 0 Å². The fourth-order valence-electron chi connectivity index (χ4n) is 1.62. The molecule has 0 aliphatic carbocycles. The predicted octanol–water partition coefficient (Wildman–Crippen LogP) is 2.88. The third-order valence-corrected chi connectivity index (χ3v) is 4.52. The number of rotatable bonds is 6. The van der Waals surface area contributed by atoms with Crippen LogP contribution < -0.4 is 15.2 Å². The van der Waals surface area contributed by atoms with Crippen LogP contribution >= 0.6 is 27.3 Å². The van der Waals surface area contributed by atoms with Crippen molar-refractivity contribution in [1.29, 1.82) is 0 Å². The number of carbonyl (C=O) groups excluding carboxylic acids is 2. The molecule has 1 aromatic carbocycles. The van der Waals surface area contributed by atoms with Gasteiger partial charge in [-0.1, -0.05) is 0 Å². The standard InChI is InChI=1S/C14H12BrNO4S/c1-19-9-4-8(14(16)18)5-10(6-9)20-7-12(17)13-11(15)2-3-21-13/h2-6H,7H2,1H3,(H2,16,18). The first kappa shape index (κ1) is 15.5. The fourth-order valence-corrected chi connectivity index (χ4v) is 3.14. The first-order chi connectivity index (χ1) is 10.0. The summed E-state index contributed by atoms with van der Waals surface area (Å²) in [7, 11) is 1.47. The highest BCUT2D eigenvalue weighted by Gasteiger charge is 2.13. The second kappa shape index (κ2) is 6.73. The molecule has 2 aromatic rings. The molecule has 0 unspecified atom stereocenters. The lowest BCUT2D eigenvalue weighted by atomic mass is 10.2. The van der Waals surface area contributed by atoms with Crippen LogP contribution in [0.5, 0.6) is 11.5 Å². The summed E-state index contributed by atoms with van der Waals surface area (Å²) in [5.74, 6) is 0.0432. The van der Waals surface area contributed by atoms with Crippen molar-refractivity contribution in [2.45, 2.75) is 0 Å². The number of ether oxygens (including phenoxy) is 2. The molecule has 5 nitrogen and oxygen atoms in total. The molecule has 2 rings (SSSR count). The van der Waals surface area contributed by atoms with E-state index in [1.165, 1.54) is 30.6 Å². The van der Waals surface area contributed by atoms with Gasteiger partial charge in [0.05, 0.1) is 12.0 Å². The molecule has 0 saturated heterocycles. The van der Waals surface area contributed by atoms with Crippen LogP contribution in [0.2, 0.25) is 0 Å². The Labute approximate surface area is 133 Å². The van der Waals surface area contributed by atoms with Crippen molar-refractivity contribution in [3.8, 4) is 11.5 Å². The zero-order valence-corrected chi connectivity index (χ0v) is 13.5. The van der Waals surface area contributed by atoms with Crippen molar-refractivity contribution >= 4 is 39.0 Å². The molecule has 110 valence electrons. The van der Waals surface area contributed by atoms with Crippen LogP contribution in [0.15, 0.2) is 34.1 Å². The summed E-state index contributed by atoms with van der Waals surface area (Å²) in [4.78, 5) is 23.8. The van der Waals surface area contributed by atoms with E-state index in [4.69, 9.17) is 15.2 Å². The summed E-state index contributed by atoms with van der Waals surface area (Å²) >= 11 is 4.63. The minimum atomic E-state index is -0.592. The minimum Gasteiger partial charge on any atom is -0.497 e. The number of amides is 1. The number of halogens is 1. The lowest BCUT2D eigenvalue weighted by Crippen LogP contribution is -2.13. The number of ketones is 1. The SMILES string of the molecule is COc1cc(OCC(=O)c2sccc2Br)cc(C(N)=O)c1. The van der Waals surface area contributed by atoms with E-state index in [0.717, 1.165) is 4.47 Å². The van der Waals surface area contributed by atoms with Crippen molar-refractivity contribution < 1.29 is 19.1 Å². The normalized spacial score (nSPS) is 10.2. The summed E-state index contributed by atoms with van der Waals surface area (Å²) < 4.78 is 11.2. The summed E-state index contributed by atoms with van der Waals surface area (Å²) in [6.07, 6.45) is 0. The van der Waals surface area contributed by atoms with Crippen LogP contribution in [0.4, 0.5) is 0 Å². The fraction of sp³-hybridized carbons (Fsp3) is 0.143. The Morgan fingerprint density at radius 2 is 2.00 bits per heavy atom. The predicted molar refractivity (Wildman–Crippen MR) is 83.4 cm³/mol. The Hall–Kier alpha value is -1.86. The van der Waals surface area contributed by atoms with Gasteiger partial charge in [0, 0.05) is 16.1 Å². The van der Waals surface area contributed by atoms with Crippen LogP contribution in [0.1, 0.15) is 20.0 Å². The molecule has 0 radical (unpaired) electrons. The second-order valence-corrected chi connectivity index (χ2v) is 5.84. The molecule has 0 spiro atoms. The van der Waals surface area contributed by atoms with Crippen LogP contribution in [0.25, 0.3) is 0 Å². The maximum Gasteiger partial charge on any atom is 0.248 e. The van der Waals surface area contributed by atoms with E-state index >= 15 is 0 Å². The number of thiophene rings is 1. The monoisotopic (exact) mass is 369 g/mol. The van der Waals surface area contributed by atoms with Gasteiger partial charge >= 0.3 is 0 Å². The summed E-state index contributed by atoms with van der Waals surface area (Å²) in [5.41, 5.74) is 5.50. The molecule has 2 N–H and O–H groups in total. The molecule has 0 bridgehead atoms. The number of nitrogens with two attached hydrogens (primary N) is 1. The van der Waals surface area contributed by atoms with Gasteiger partial charge in [0.2, 0.25) is 11.7 Å². The van der Waals surface area contributed by atoms with Gasteiger partial charge in [0.15, 0.2) is 6.61 Å². The van der Waals surface area contributed by atoms with Crippen molar-refractivity contribution in [3.63, 3.8) is 0 Å². The zero-order chi connectivity index (χ0) is 15.4. The molecule has 0 saturated carbocycles. The smallest absolute Gasteiger partial charge is 0.248 e. The molecule has 0 aliphatic heterocycles. The highest BCUT2D eigenvalue weighted by molar-refractivity contribution is 9.10. The van der Waals surface area contributed by atoms with E-state index in [-0.39, 0.29) is 18.0 Å². The Morgan fingerprint density at radius 3 is 2.57 bits per heavy atom. The largest absolute Gasteiger partial charge is 0.497 e. The summed E-state index contributed by atoms with van der Waals surface area (Å²) in [6.45, 7) is -0.134. The zero-order valence-electron chi connectivity index (χ0n) is 11.1. The quantitative estimate of drug-likeness (QED) is 0.794. The highest BCUT2D eigenvalue weighted by atomic mass is 79.9. The van der Waals surface area contributed by atoms with Crippen LogP contribution in [0, 0.1) is 0 Å². The lowest BCUT2D eigenvalue weighted by Gasteiger charge is -2.09. The van der Waals surface area contributed by atoms with E-state index < -0.39 is 5.91 Å². The number of carbonyl (C=O) groups is 2. The Kier molecular flexibility index (Phi) is 4.98. The molecular weight excluding hydrogens is 358 g/mol. The van der Waals surface area contributed by atoms with Crippen molar-refractivity contribution in [2.24, 2.45) is 5.73 Å². The number of Topliss-reactive ketones (excluding diaryl/α,β-unsaturated/α-hetero) is 1. The van der Waals surface area contributed by atoms with Crippen LogP contribution in [-0.4, -0.2) is 25.4 Å². The molecule has 0 atom stereocenters. The van der Waals surface area contributed by atoms with Gasteiger partial charge in [0.1, 0.15) is 11.5 Å². The number of hydrogen-bond acceptors (Lipinski definition) is 5. The van der Waals surface area contributed by atoms with Crippen molar-refractivity contribution in [3.05, 3.63) is 44.6 Å². The third kappa shape index (κ3) is 3.83. The number of primary amides is 1. The van der Waals surface area contributed by atoms with Gasteiger partial charge in [-0.15, -0.1) is 11.3 Å². The van der Waals surface area contributed by atoms with Gasteiger partial charge in [-0.25, -0.2) is 0 Å². The molecule has 0 aliphatic rings. The summed E-state index contributed by atoms with van der Waals surface area (Å²) in [6, 6.07) is 6.37. The van der Waals surface area contributed by atoms with E-state index in [2.05, 4.69) is 15.9 Å². The van der Waals surface area contributed by atoms with E-state index in [9.17, 15) is 9.59 Å². The number of benzene rings is 1. The van der Waals surface area contributed by atoms with Crippen LogP contribution in [-0.2, 0) is 0 Å². The van der Waals surface area contributed by atoms with Gasteiger partial charge in [0.25, 0.3) is 0 Å². The molecule has 1 aromatic heterocycles. The minimum absolute atomic E-state index is 0.134. The Morgan fingerprint density at radius 1 is 1.29 bits per heavy atom. The van der Waals surface area contributed by atoms with Crippen LogP contribution in [0.3, 0.4) is 0 Å². The number of hydrogen-bond donors (Lipinski definition) is 1. The average molecular weight is 370 g/mol. The molecule has 1 amide bonds. The topological polar surface area (TPSA) is 78.6 Å². The van der Waals surface area contributed by atoms with Gasteiger partial charge in [-0.05, 0) is 39.5 Å². The first-order valence-corrected chi connectivity index (χ1v) is 7.56. The molecule has 21 heavy (non-hydrogen) atoms. The van der Waals surface area contributed by atoms with Gasteiger partial charge in [-0.3, -0.25) is 9.59 Å². The maximum absolute atomic E-state index is 12.0. The Bertz CT molecular complexity index is 683. The van der Waals surface area contributed by atoms with E-state index in [1.807, 2.05) is 5.38 Å². The van der Waals surface area contributed by atoms with E-state index in [1.54, 1.807) is 12.1 Å². The second-order valence-electron chi connectivity index (χ2n) is 4.07. The molecule has 7 heteroatoms. The van der Waals surface area contributed by atoms with Gasteiger partial charge < -0.3 is 15.2 Å². The Balaban J connectivity index is 2.13. The summed E-state index contributed by atoms with van der Waals surface area (Å²) in [5, 5.41) is 1.81. The average Bonchev–Trinajstić information content (AvgIpc) is 2.90. The van der Waals surface area contributed by atoms with Crippen molar-refractivity contribution in [2.75, 3.05) is 13.7 Å². The lowest BCUT2D eigenvalue weighted by molar-refractivity contribution is 0.0924.